The van der Waals surface area contributed by atoms with Crippen LogP contribution in [-0.2, 0) is 0 Å². The highest BCUT2D eigenvalue weighted by Crippen LogP contribution is 2.44. The van der Waals surface area contributed by atoms with Crippen LogP contribution in [0, 0.1) is 0 Å². The molecule has 1 N–H and O–H groups in total. The third kappa shape index (κ3) is 2.53. The first-order valence-corrected chi connectivity index (χ1v) is 9.19. The van der Waals surface area contributed by atoms with E-state index in [1.165, 1.54) is 0 Å². The van der Waals surface area contributed by atoms with Crippen molar-refractivity contribution in [2.24, 2.45) is 0 Å². The summed E-state index contributed by atoms with van der Waals surface area (Å²) < 4.78 is 5.34. The highest BCUT2D eigenvalue weighted by molar-refractivity contribution is 7.10. The first kappa shape index (κ1) is 15.9. The molecule has 1 unspecified atom stereocenters. The molecule has 6 heteroatoms. The number of hydrogen-bond donors (Lipinski definition) is 1. The second-order valence-corrected chi connectivity index (χ2v) is 6.99. The van der Waals surface area contributed by atoms with Gasteiger partial charge in [-0.15, -0.1) is 11.3 Å². The third-order valence-corrected chi connectivity index (χ3v) is 5.41. The smallest absolute Gasteiger partial charge is 0.273 e. The van der Waals surface area contributed by atoms with Gasteiger partial charge in [0, 0.05) is 22.5 Å². The second kappa shape index (κ2) is 6.37. The Kier molecular flexibility index (Phi) is 4.05. The number of nitrogens with zero attached hydrogens (tertiary/aromatic N) is 2. The Balaban J connectivity index is 1.87. The fraction of sp³-hybridized carbons (Fsp3) is 0.263. The van der Waals surface area contributed by atoms with Crippen molar-refractivity contribution >= 4 is 17.2 Å². The van der Waals surface area contributed by atoms with Crippen molar-refractivity contribution in [1.29, 1.82) is 0 Å². The van der Waals surface area contributed by atoms with E-state index in [1.807, 2.05) is 40.6 Å². The monoisotopic (exact) mass is 353 g/mol. The number of carbonyl (C=O) groups excluding carboxylic acids is 1. The number of H-pyrrole nitrogens is 1. The normalized spacial score (nSPS) is 16.3. The SMILES string of the molecule is CCCN1C(=O)c2[nH]nc(-c3cccc(OC)c3)c2C1c1cccs1. The van der Waals surface area contributed by atoms with Gasteiger partial charge in [-0.05, 0) is 30.0 Å². The number of aromatic amines is 1. The standard InChI is InChI=1S/C19H19N3O2S/c1-3-9-22-18(14-8-5-10-25-14)15-16(20-21-17(15)19(22)23)12-6-4-7-13(11-12)24-2/h4-8,10-11,18H,3,9H2,1-2H3,(H,20,21). The van der Waals surface area contributed by atoms with Gasteiger partial charge in [-0.3, -0.25) is 9.89 Å². The molecule has 3 heterocycles. The molecule has 1 amide bonds. The molecule has 25 heavy (non-hydrogen) atoms. The summed E-state index contributed by atoms with van der Waals surface area (Å²) in [5.74, 6) is 0.800. The summed E-state index contributed by atoms with van der Waals surface area (Å²) in [7, 11) is 1.65. The molecule has 128 valence electrons. The van der Waals surface area contributed by atoms with Crippen LogP contribution in [0.4, 0.5) is 0 Å². The van der Waals surface area contributed by atoms with Gasteiger partial charge in [-0.2, -0.15) is 5.10 Å². The summed E-state index contributed by atoms with van der Waals surface area (Å²) in [6, 6.07) is 11.8. The van der Waals surface area contributed by atoms with Crippen molar-refractivity contribution in [3.63, 3.8) is 0 Å². The van der Waals surface area contributed by atoms with Crippen molar-refractivity contribution < 1.29 is 9.53 Å². The van der Waals surface area contributed by atoms with Crippen LogP contribution < -0.4 is 4.74 Å². The highest BCUT2D eigenvalue weighted by Gasteiger charge is 2.42. The summed E-state index contributed by atoms with van der Waals surface area (Å²) in [5.41, 5.74) is 3.34. The van der Waals surface area contributed by atoms with E-state index in [0.717, 1.165) is 40.4 Å². The molecule has 0 bridgehead atoms. The van der Waals surface area contributed by atoms with Crippen molar-refractivity contribution in [3.8, 4) is 17.0 Å². The Morgan fingerprint density at radius 1 is 1.32 bits per heavy atom. The lowest BCUT2D eigenvalue weighted by Crippen LogP contribution is -2.29. The van der Waals surface area contributed by atoms with Crippen LogP contribution in [0.15, 0.2) is 41.8 Å². The van der Waals surface area contributed by atoms with Gasteiger partial charge >= 0.3 is 0 Å². The number of thiophene rings is 1. The summed E-state index contributed by atoms with van der Waals surface area (Å²) in [6.45, 7) is 2.81. The van der Waals surface area contributed by atoms with E-state index in [0.29, 0.717) is 5.69 Å². The van der Waals surface area contributed by atoms with Gasteiger partial charge in [-0.1, -0.05) is 25.1 Å². The number of hydrogen-bond acceptors (Lipinski definition) is 4. The molecule has 0 saturated heterocycles. The fourth-order valence-electron chi connectivity index (χ4n) is 3.40. The van der Waals surface area contributed by atoms with Crippen LogP contribution in [0.25, 0.3) is 11.3 Å². The first-order valence-electron chi connectivity index (χ1n) is 8.31. The first-order chi connectivity index (χ1) is 12.2. The molecular formula is C19H19N3O2S. The number of rotatable bonds is 5. The zero-order valence-electron chi connectivity index (χ0n) is 14.2. The number of nitrogens with one attached hydrogen (secondary N) is 1. The summed E-state index contributed by atoms with van der Waals surface area (Å²) >= 11 is 1.67. The predicted octanol–water partition coefficient (Wildman–Crippen LogP) is 4.10. The molecular weight excluding hydrogens is 334 g/mol. The highest BCUT2D eigenvalue weighted by atomic mass is 32.1. The van der Waals surface area contributed by atoms with Gasteiger partial charge in [-0.25, -0.2) is 0 Å². The van der Waals surface area contributed by atoms with E-state index in [9.17, 15) is 4.79 Å². The van der Waals surface area contributed by atoms with E-state index in [4.69, 9.17) is 4.74 Å². The van der Waals surface area contributed by atoms with E-state index < -0.39 is 0 Å². The minimum absolute atomic E-state index is 0.0249. The molecule has 1 aromatic carbocycles. The van der Waals surface area contributed by atoms with Gasteiger partial charge in [0.15, 0.2) is 0 Å². The van der Waals surface area contributed by atoms with E-state index >= 15 is 0 Å². The number of benzene rings is 1. The zero-order valence-corrected chi connectivity index (χ0v) is 15.0. The lowest BCUT2D eigenvalue weighted by Gasteiger charge is -2.24. The molecule has 0 aliphatic carbocycles. The summed E-state index contributed by atoms with van der Waals surface area (Å²) in [6.07, 6.45) is 0.916. The van der Waals surface area contributed by atoms with Crippen molar-refractivity contribution in [2.45, 2.75) is 19.4 Å². The molecule has 5 nitrogen and oxygen atoms in total. The van der Waals surface area contributed by atoms with Crippen molar-refractivity contribution in [1.82, 2.24) is 15.1 Å². The van der Waals surface area contributed by atoms with Crippen LogP contribution >= 0.6 is 11.3 Å². The van der Waals surface area contributed by atoms with Gasteiger partial charge in [0.25, 0.3) is 5.91 Å². The van der Waals surface area contributed by atoms with Crippen LogP contribution in [0.3, 0.4) is 0 Å². The average molecular weight is 353 g/mol. The minimum atomic E-state index is -0.0811. The fourth-order valence-corrected chi connectivity index (χ4v) is 4.25. The van der Waals surface area contributed by atoms with Crippen LogP contribution in [0.1, 0.15) is 40.3 Å². The molecule has 3 aromatic rings. The topological polar surface area (TPSA) is 58.2 Å². The summed E-state index contributed by atoms with van der Waals surface area (Å²) in [4.78, 5) is 16.0. The molecule has 0 fully saturated rings. The van der Waals surface area contributed by atoms with E-state index in [-0.39, 0.29) is 11.9 Å². The maximum atomic E-state index is 12.9. The maximum absolute atomic E-state index is 12.9. The number of aromatic nitrogens is 2. The second-order valence-electron chi connectivity index (χ2n) is 6.01. The van der Waals surface area contributed by atoms with Gasteiger partial charge in [0.2, 0.25) is 0 Å². The van der Waals surface area contributed by atoms with Crippen LogP contribution in [0.2, 0.25) is 0 Å². The quantitative estimate of drug-likeness (QED) is 0.751. The Bertz CT molecular complexity index is 901. The molecule has 1 aliphatic heterocycles. The van der Waals surface area contributed by atoms with Gasteiger partial charge in [0.1, 0.15) is 11.4 Å². The van der Waals surface area contributed by atoms with E-state index in [2.05, 4.69) is 23.2 Å². The Morgan fingerprint density at radius 3 is 2.92 bits per heavy atom. The molecule has 1 atom stereocenters. The Hall–Kier alpha value is -2.60. The lowest BCUT2D eigenvalue weighted by atomic mass is 10.0. The number of carbonyl (C=O) groups is 1. The van der Waals surface area contributed by atoms with Crippen LogP contribution in [0.5, 0.6) is 5.75 Å². The largest absolute Gasteiger partial charge is 0.497 e. The molecule has 1 aliphatic rings. The number of ether oxygens (including phenoxy) is 1. The molecule has 4 rings (SSSR count). The predicted molar refractivity (Wildman–Crippen MR) is 98.1 cm³/mol. The number of amides is 1. The maximum Gasteiger partial charge on any atom is 0.273 e. The number of fused-ring (bicyclic) bond motifs is 1. The van der Waals surface area contributed by atoms with Crippen LogP contribution in [-0.4, -0.2) is 34.7 Å². The van der Waals surface area contributed by atoms with Crippen molar-refractivity contribution in [3.05, 3.63) is 57.9 Å². The number of methoxy groups -OCH3 is 1. The minimum Gasteiger partial charge on any atom is -0.497 e. The molecule has 0 radical (unpaired) electrons. The molecule has 0 spiro atoms. The van der Waals surface area contributed by atoms with Gasteiger partial charge in [0.05, 0.1) is 18.8 Å². The molecule has 2 aromatic heterocycles. The van der Waals surface area contributed by atoms with E-state index in [1.54, 1.807) is 18.4 Å². The summed E-state index contributed by atoms with van der Waals surface area (Å²) in [5, 5.41) is 9.49. The Labute approximate surface area is 150 Å². The third-order valence-electron chi connectivity index (χ3n) is 4.48. The zero-order chi connectivity index (χ0) is 17.4. The molecule has 0 saturated carbocycles. The lowest BCUT2D eigenvalue weighted by molar-refractivity contribution is 0.0746. The Morgan fingerprint density at radius 2 is 2.20 bits per heavy atom. The van der Waals surface area contributed by atoms with Crippen molar-refractivity contribution in [2.75, 3.05) is 13.7 Å². The average Bonchev–Trinajstić information content (AvgIpc) is 3.35. The van der Waals surface area contributed by atoms with Gasteiger partial charge < -0.3 is 9.64 Å².